The van der Waals surface area contributed by atoms with Gasteiger partial charge in [-0.3, -0.25) is 0 Å². The van der Waals surface area contributed by atoms with Crippen molar-refractivity contribution in [3.63, 3.8) is 0 Å². The molecule has 74 valence electrons. The molecule has 0 bridgehead atoms. The zero-order chi connectivity index (χ0) is 8.85. The van der Waals surface area contributed by atoms with Crippen molar-refractivity contribution < 1.29 is 2.85 Å². The lowest BCUT2D eigenvalue weighted by atomic mass is 10.2. The minimum Gasteiger partial charge on any atom is -0.399 e. The highest BCUT2D eigenvalue weighted by atomic mass is 14.7. The van der Waals surface area contributed by atoms with Gasteiger partial charge in [0.05, 0.1) is 11.4 Å². The molecule has 1 aromatic carbocycles. The van der Waals surface area contributed by atoms with E-state index < -0.39 is 0 Å². The average molecular weight is 174 g/mol. The molecule has 4 heteroatoms. The summed E-state index contributed by atoms with van der Waals surface area (Å²) in [7, 11) is 0. The molecule has 0 radical (unpaired) electrons. The zero-order valence-corrected chi connectivity index (χ0v) is 7.67. The maximum absolute atomic E-state index is 5.42. The van der Waals surface area contributed by atoms with Crippen LogP contribution in [0.4, 0.5) is 17.1 Å². The van der Waals surface area contributed by atoms with Gasteiger partial charge in [-0.2, -0.15) is 0 Å². The lowest BCUT2D eigenvalue weighted by Crippen LogP contribution is -1.95. The molecule has 0 saturated carbocycles. The van der Waals surface area contributed by atoms with Gasteiger partial charge >= 0.3 is 0 Å². The molecule has 4 nitrogen and oxygen atoms in total. The molecular formula is C8H22N4. The van der Waals surface area contributed by atoms with Crippen molar-refractivity contribution in [3.8, 4) is 0 Å². The van der Waals surface area contributed by atoms with Crippen LogP contribution in [0.15, 0.2) is 18.2 Å². The van der Waals surface area contributed by atoms with E-state index in [0.717, 1.165) is 0 Å². The number of nitrogen functional groups attached to an aromatic ring is 3. The van der Waals surface area contributed by atoms with Crippen molar-refractivity contribution in [1.82, 2.24) is 6.15 Å². The van der Waals surface area contributed by atoms with Gasteiger partial charge in [0.2, 0.25) is 0 Å². The summed E-state index contributed by atoms with van der Waals surface area (Å²) in [6.45, 7) is 4.00. The van der Waals surface area contributed by atoms with Crippen LogP contribution < -0.4 is 23.4 Å². The van der Waals surface area contributed by atoms with E-state index in [0.29, 0.717) is 17.1 Å². The molecule has 0 heterocycles. The Labute approximate surface area is 76.3 Å². The fourth-order valence-electron chi connectivity index (χ4n) is 0.593. The maximum atomic E-state index is 5.42. The van der Waals surface area contributed by atoms with E-state index in [1.807, 2.05) is 13.8 Å². The molecule has 0 aliphatic heterocycles. The van der Waals surface area contributed by atoms with Gasteiger partial charge < -0.3 is 23.4 Å². The molecule has 0 amide bonds. The van der Waals surface area contributed by atoms with Crippen LogP contribution in [0.3, 0.4) is 0 Å². The lowest BCUT2D eigenvalue weighted by Gasteiger charge is -1.98. The number of hydrogen-bond donors (Lipinski definition) is 4. The number of nitrogens with two attached hydrogens (primary N) is 3. The monoisotopic (exact) mass is 174 g/mol. The predicted molar refractivity (Wildman–Crippen MR) is 60.3 cm³/mol. The van der Waals surface area contributed by atoms with Crippen LogP contribution >= 0.6 is 0 Å². The van der Waals surface area contributed by atoms with E-state index in [4.69, 9.17) is 17.2 Å². The fraction of sp³-hybridized carbons (Fsp3) is 0.250. The van der Waals surface area contributed by atoms with Gasteiger partial charge in [0.1, 0.15) is 0 Å². The first kappa shape index (κ1) is 13.2. The molecule has 9 N–H and O–H groups in total. The highest BCUT2D eigenvalue weighted by molar-refractivity contribution is 5.67. The number of benzene rings is 1. The van der Waals surface area contributed by atoms with Crippen LogP contribution in [0.1, 0.15) is 16.7 Å². The normalized spacial score (nSPS) is 7.50. The first-order chi connectivity index (χ1) is 5.20. The van der Waals surface area contributed by atoms with Gasteiger partial charge in [-0.15, -0.1) is 0 Å². The third kappa shape index (κ3) is 3.68. The lowest BCUT2D eigenvalue weighted by molar-refractivity contribution is 1.50. The van der Waals surface area contributed by atoms with Gasteiger partial charge in [0.25, 0.3) is 0 Å². The van der Waals surface area contributed by atoms with Crippen molar-refractivity contribution >= 4 is 17.1 Å². The molecule has 0 aromatic heterocycles. The van der Waals surface area contributed by atoms with E-state index in [9.17, 15) is 0 Å². The Morgan fingerprint density at radius 2 is 1.50 bits per heavy atom. The van der Waals surface area contributed by atoms with Crippen LogP contribution in [-0.2, 0) is 0 Å². The second kappa shape index (κ2) is 6.30. The van der Waals surface area contributed by atoms with Crippen molar-refractivity contribution in [2.24, 2.45) is 0 Å². The van der Waals surface area contributed by atoms with Crippen LogP contribution in [0.25, 0.3) is 0 Å². The second-order valence-electron chi connectivity index (χ2n) is 1.89. The van der Waals surface area contributed by atoms with Crippen LogP contribution in [-0.4, -0.2) is 0 Å². The molecule has 0 aliphatic carbocycles. The predicted octanol–water partition coefficient (Wildman–Crippen LogP) is 2.11. The minimum absolute atomic E-state index is 0. The second-order valence-corrected chi connectivity index (χ2v) is 1.89. The molecule has 0 saturated heterocycles. The Balaban J connectivity index is -0.0000000942. The molecule has 12 heavy (non-hydrogen) atoms. The third-order valence-electron chi connectivity index (χ3n) is 1.11. The first-order valence-corrected chi connectivity index (χ1v) is 3.60. The van der Waals surface area contributed by atoms with E-state index in [2.05, 4.69) is 0 Å². The Morgan fingerprint density at radius 3 is 1.83 bits per heavy atom. The first-order valence-electron chi connectivity index (χ1n) is 3.60. The molecule has 0 atom stereocenters. The van der Waals surface area contributed by atoms with Gasteiger partial charge in [-0.25, -0.2) is 0 Å². The maximum Gasteiger partial charge on any atom is 0.0568 e. The topological polar surface area (TPSA) is 113 Å². The average Bonchev–Trinajstić information content (AvgIpc) is 2.02. The van der Waals surface area contributed by atoms with Gasteiger partial charge in [-0.1, -0.05) is 13.8 Å². The molecule has 0 aliphatic rings. The highest BCUT2D eigenvalue weighted by Crippen LogP contribution is 2.16. The van der Waals surface area contributed by atoms with Crippen LogP contribution in [0.2, 0.25) is 0 Å². The Bertz CT molecular complexity index is 231. The summed E-state index contributed by atoms with van der Waals surface area (Å²) in [5.74, 6) is 0. The van der Waals surface area contributed by atoms with Crippen molar-refractivity contribution in [2.45, 2.75) is 13.8 Å². The summed E-state index contributed by atoms with van der Waals surface area (Å²) in [4.78, 5) is 0. The quantitative estimate of drug-likeness (QED) is 0.451. The van der Waals surface area contributed by atoms with Crippen LogP contribution in [0.5, 0.6) is 0 Å². The molecule has 0 fully saturated rings. The standard InChI is InChI=1S/C6H9N3.C2H6.H3N.2H2/c7-4-1-2-5(8)6(9)3-4;1-2;;;/h1-3H,7-9H2;1-2H3;1H3;2*1H. The van der Waals surface area contributed by atoms with Gasteiger partial charge in [0, 0.05) is 8.54 Å². The van der Waals surface area contributed by atoms with Gasteiger partial charge in [-0.05, 0) is 18.2 Å². The highest BCUT2D eigenvalue weighted by Gasteiger charge is 1.90. The van der Waals surface area contributed by atoms with Gasteiger partial charge in [0.15, 0.2) is 0 Å². The van der Waals surface area contributed by atoms with Crippen LogP contribution in [0, 0.1) is 0 Å². The smallest absolute Gasteiger partial charge is 0.0568 e. The van der Waals surface area contributed by atoms with E-state index in [-0.39, 0.29) is 9.00 Å². The van der Waals surface area contributed by atoms with Crippen molar-refractivity contribution in [1.29, 1.82) is 0 Å². The minimum atomic E-state index is 0. The summed E-state index contributed by atoms with van der Waals surface area (Å²) in [6, 6.07) is 5.03. The summed E-state index contributed by atoms with van der Waals surface area (Å²) < 4.78 is 0. The summed E-state index contributed by atoms with van der Waals surface area (Å²) in [5.41, 5.74) is 18.0. The number of hydrogen-bond acceptors (Lipinski definition) is 4. The number of anilines is 3. The fourth-order valence-corrected chi connectivity index (χ4v) is 0.593. The zero-order valence-electron chi connectivity index (χ0n) is 7.67. The molecule has 0 unspecified atom stereocenters. The van der Waals surface area contributed by atoms with Crippen molar-refractivity contribution in [3.05, 3.63) is 18.2 Å². The summed E-state index contributed by atoms with van der Waals surface area (Å²) in [6.07, 6.45) is 0. The molecule has 1 rings (SSSR count). The number of rotatable bonds is 0. The largest absolute Gasteiger partial charge is 0.399 e. The molecule has 0 spiro atoms. The Morgan fingerprint density at radius 1 is 1.00 bits per heavy atom. The molecular weight excluding hydrogens is 152 g/mol. The summed E-state index contributed by atoms with van der Waals surface area (Å²) in [5, 5.41) is 0. The Kier molecular flexibility index (Phi) is 6.93. The van der Waals surface area contributed by atoms with E-state index in [1.165, 1.54) is 0 Å². The third-order valence-corrected chi connectivity index (χ3v) is 1.11. The van der Waals surface area contributed by atoms with Crippen molar-refractivity contribution in [2.75, 3.05) is 17.2 Å². The Hall–Kier alpha value is -1.42. The summed E-state index contributed by atoms with van der Waals surface area (Å²) >= 11 is 0. The SMILES string of the molecule is CC.N.Nc1ccc(N)c(N)c1.[HH].[HH]. The van der Waals surface area contributed by atoms with E-state index in [1.54, 1.807) is 18.2 Å². The van der Waals surface area contributed by atoms with E-state index >= 15 is 0 Å². The molecule has 1 aromatic rings.